The van der Waals surface area contributed by atoms with Crippen molar-refractivity contribution in [1.29, 1.82) is 0 Å². The normalized spacial score (nSPS) is 24.4. The first-order valence-electron chi connectivity index (χ1n) is 8.18. The second-order valence-electron chi connectivity index (χ2n) is 6.87. The van der Waals surface area contributed by atoms with E-state index in [9.17, 15) is 9.90 Å². The van der Waals surface area contributed by atoms with Gasteiger partial charge < -0.3 is 10.4 Å². The number of fused-ring (bicyclic) bond motifs is 1. The molecule has 2 aliphatic carbocycles. The van der Waals surface area contributed by atoms with Crippen LogP contribution in [0.15, 0.2) is 6.07 Å². The number of nitrogens with one attached hydrogen (secondary N) is 1. The van der Waals surface area contributed by atoms with Crippen molar-refractivity contribution in [2.24, 2.45) is 5.92 Å². The molecule has 1 unspecified atom stereocenters. The minimum atomic E-state index is -0.681. The van der Waals surface area contributed by atoms with Crippen LogP contribution in [0.2, 0.25) is 0 Å². The van der Waals surface area contributed by atoms with Crippen LogP contribution in [0.25, 0.3) is 0 Å². The van der Waals surface area contributed by atoms with Crippen molar-refractivity contribution < 1.29 is 9.90 Å². The molecule has 0 radical (unpaired) electrons. The molecule has 1 heterocycles. The summed E-state index contributed by atoms with van der Waals surface area (Å²) < 4.78 is 0. The number of amides is 1. The molecule has 0 aromatic carbocycles. The van der Waals surface area contributed by atoms with Gasteiger partial charge >= 0.3 is 0 Å². The van der Waals surface area contributed by atoms with E-state index in [2.05, 4.69) is 18.3 Å². The largest absolute Gasteiger partial charge is 0.388 e. The fourth-order valence-electron chi connectivity index (χ4n) is 3.54. The first kappa shape index (κ1) is 15.0. The molecule has 2 aliphatic rings. The van der Waals surface area contributed by atoms with Crippen LogP contribution in [-0.2, 0) is 12.8 Å². The lowest BCUT2D eigenvalue weighted by Crippen LogP contribution is -2.44. The molecule has 116 valence electrons. The van der Waals surface area contributed by atoms with E-state index in [4.69, 9.17) is 0 Å². The summed E-state index contributed by atoms with van der Waals surface area (Å²) in [6, 6.07) is 2.07. The standard InChI is InChI=1S/C17H25NO2S/c1-12-5-6-14-13(9-12)10-15(21-14)16(19)18-11-17(20)7-3-2-4-8-17/h10,12,20H,2-9,11H2,1H3,(H,18,19). The van der Waals surface area contributed by atoms with Gasteiger partial charge in [0.2, 0.25) is 0 Å². The van der Waals surface area contributed by atoms with E-state index < -0.39 is 5.60 Å². The summed E-state index contributed by atoms with van der Waals surface area (Å²) in [6.07, 6.45) is 8.40. The van der Waals surface area contributed by atoms with E-state index >= 15 is 0 Å². The Labute approximate surface area is 130 Å². The Morgan fingerprint density at radius 1 is 1.43 bits per heavy atom. The second kappa shape index (κ2) is 6.09. The average molecular weight is 307 g/mol. The molecule has 0 bridgehead atoms. The molecule has 1 aromatic rings. The highest BCUT2D eigenvalue weighted by Crippen LogP contribution is 2.32. The predicted octanol–water partition coefficient (Wildman–Crippen LogP) is 3.30. The molecule has 1 aromatic heterocycles. The van der Waals surface area contributed by atoms with Gasteiger partial charge in [-0.15, -0.1) is 11.3 Å². The van der Waals surface area contributed by atoms with E-state index in [-0.39, 0.29) is 5.91 Å². The average Bonchev–Trinajstić information content (AvgIpc) is 2.88. The van der Waals surface area contributed by atoms with Gasteiger partial charge in [0.15, 0.2) is 0 Å². The van der Waals surface area contributed by atoms with E-state index in [0.29, 0.717) is 6.54 Å². The highest BCUT2D eigenvalue weighted by Gasteiger charge is 2.30. The fourth-order valence-corrected chi connectivity index (χ4v) is 4.66. The summed E-state index contributed by atoms with van der Waals surface area (Å²) in [5, 5.41) is 13.4. The number of carbonyl (C=O) groups excluding carboxylic acids is 1. The smallest absolute Gasteiger partial charge is 0.261 e. The third-order valence-corrected chi connectivity index (χ3v) is 6.15. The molecule has 4 heteroatoms. The first-order chi connectivity index (χ1) is 10.1. The summed E-state index contributed by atoms with van der Waals surface area (Å²) in [6.45, 7) is 2.67. The zero-order chi connectivity index (χ0) is 14.9. The SMILES string of the molecule is CC1CCc2sc(C(=O)NCC3(O)CCCCC3)cc2C1. The van der Waals surface area contributed by atoms with Gasteiger partial charge in [0.05, 0.1) is 10.5 Å². The number of rotatable bonds is 3. The maximum absolute atomic E-state index is 12.3. The summed E-state index contributed by atoms with van der Waals surface area (Å²) in [7, 11) is 0. The molecule has 1 amide bonds. The molecule has 3 rings (SSSR count). The molecule has 0 aliphatic heterocycles. The Hall–Kier alpha value is -0.870. The van der Waals surface area contributed by atoms with Crippen LogP contribution in [0.5, 0.6) is 0 Å². The van der Waals surface area contributed by atoms with Crippen LogP contribution < -0.4 is 5.32 Å². The Balaban J connectivity index is 1.60. The van der Waals surface area contributed by atoms with Crippen molar-refractivity contribution in [2.45, 2.75) is 63.9 Å². The number of thiophene rings is 1. The van der Waals surface area contributed by atoms with Crippen LogP contribution in [0.1, 0.15) is 65.6 Å². The molecule has 2 N–H and O–H groups in total. The zero-order valence-corrected chi connectivity index (χ0v) is 13.6. The minimum Gasteiger partial charge on any atom is -0.388 e. The van der Waals surface area contributed by atoms with Crippen LogP contribution in [0.3, 0.4) is 0 Å². The Kier molecular flexibility index (Phi) is 4.36. The Bertz CT molecular complexity index is 517. The quantitative estimate of drug-likeness (QED) is 0.900. The van der Waals surface area contributed by atoms with Gasteiger partial charge in [-0.3, -0.25) is 4.79 Å². The van der Waals surface area contributed by atoms with Crippen LogP contribution in [0.4, 0.5) is 0 Å². The molecular formula is C17H25NO2S. The molecule has 0 saturated heterocycles. The third-order valence-electron chi connectivity index (χ3n) is 4.92. The van der Waals surface area contributed by atoms with Gasteiger partial charge in [0, 0.05) is 11.4 Å². The third kappa shape index (κ3) is 3.49. The van der Waals surface area contributed by atoms with E-state index in [1.807, 2.05) is 0 Å². The highest BCUT2D eigenvalue weighted by molar-refractivity contribution is 7.14. The van der Waals surface area contributed by atoms with Gasteiger partial charge in [-0.2, -0.15) is 0 Å². The lowest BCUT2D eigenvalue weighted by molar-refractivity contribution is 0.00529. The number of aliphatic hydroxyl groups is 1. The van der Waals surface area contributed by atoms with Crippen LogP contribution >= 0.6 is 11.3 Å². The summed E-state index contributed by atoms with van der Waals surface area (Å²) in [5.74, 6) is 0.715. The van der Waals surface area contributed by atoms with Crippen molar-refractivity contribution in [1.82, 2.24) is 5.32 Å². The van der Waals surface area contributed by atoms with E-state index in [1.165, 1.54) is 23.3 Å². The second-order valence-corrected chi connectivity index (χ2v) is 8.01. The summed E-state index contributed by atoms with van der Waals surface area (Å²) >= 11 is 1.64. The van der Waals surface area contributed by atoms with Crippen LogP contribution in [-0.4, -0.2) is 23.2 Å². The first-order valence-corrected chi connectivity index (χ1v) is 8.99. The molecule has 0 spiro atoms. The van der Waals surface area contributed by atoms with Crippen LogP contribution in [0, 0.1) is 5.92 Å². The number of hydrogen-bond acceptors (Lipinski definition) is 3. The number of hydrogen-bond donors (Lipinski definition) is 2. The van der Waals surface area contributed by atoms with Crippen molar-refractivity contribution in [3.05, 3.63) is 21.4 Å². The van der Waals surface area contributed by atoms with Gasteiger partial charge in [-0.25, -0.2) is 0 Å². The van der Waals surface area contributed by atoms with Gasteiger partial charge in [-0.05, 0) is 49.7 Å². The topological polar surface area (TPSA) is 49.3 Å². The lowest BCUT2D eigenvalue weighted by Gasteiger charge is -2.32. The van der Waals surface area contributed by atoms with Crippen molar-refractivity contribution in [3.8, 4) is 0 Å². The van der Waals surface area contributed by atoms with Crippen molar-refractivity contribution in [3.63, 3.8) is 0 Å². The summed E-state index contributed by atoms with van der Waals surface area (Å²) in [5.41, 5.74) is 0.680. The maximum atomic E-state index is 12.3. The highest BCUT2D eigenvalue weighted by atomic mass is 32.1. The van der Waals surface area contributed by atoms with Gasteiger partial charge in [0.1, 0.15) is 0 Å². The van der Waals surface area contributed by atoms with Crippen molar-refractivity contribution >= 4 is 17.2 Å². The lowest BCUT2D eigenvalue weighted by atomic mass is 9.85. The Morgan fingerprint density at radius 3 is 2.95 bits per heavy atom. The van der Waals surface area contributed by atoms with Gasteiger partial charge in [-0.1, -0.05) is 26.2 Å². The fraction of sp³-hybridized carbons (Fsp3) is 0.706. The molecule has 1 atom stereocenters. The molecule has 21 heavy (non-hydrogen) atoms. The van der Waals surface area contributed by atoms with E-state index in [1.54, 1.807) is 11.3 Å². The van der Waals surface area contributed by atoms with Crippen molar-refractivity contribution in [2.75, 3.05) is 6.54 Å². The molecule has 3 nitrogen and oxygen atoms in total. The Morgan fingerprint density at radius 2 is 2.19 bits per heavy atom. The molecule has 1 fully saturated rings. The zero-order valence-electron chi connectivity index (χ0n) is 12.8. The summed E-state index contributed by atoms with van der Waals surface area (Å²) in [4.78, 5) is 14.5. The number of carbonyl (C=O) groups is 1. The minimum absolute atomic E-state index is 0.0129. The number of aryl methyl sites for hydroxylation is 1. The maximum Gasteiger partial charge on any atom is 0.261 e. The predicted molar refractivity (Wildman–Crippen MR) is 85.9 cm³/mol. The monoisotopic (exact) mass is 307 g/mol. The van der Waals surface area contributed by atoms with E-state index in [0.717, 1.165) is 49.3 Å². The van der Waals surface area contributed by atoms with Gasteiger partial charge in [0.25, 0.3) is 5.91 Å². The molecular weight excluding hydrogens is 282 g/mol. The molecule has 1 saturated carbocycles.